The van der Waals surface area contributed by atoms with Gasteiger partial charge in [0.15, 0.2) is 6.29 Å². The van der Waals surface area contributed by atoms with Crippen LogP contribution >= 0.6 is 0 Å². The molecule has 22 heavy (non-hydrogen) atoms. The highest BCUT2D eigenvalue weighted by Gasteiger charge is 2.44. The van der Waals surface area contributed by atoms with Crippen molar-refractivity contribution in [2.45, 2.75) is 64.8 Å². The molecule has 7 nitrogen and oxygen atoms in total. The molecule has 5 atom stereocenters. The van der Waals surface area contributed by atoms with E-state index in [1.807, 2.05) is 13.8 Å². The topological polar surface area (TPSA) is 105 Å². The Labute approximate surface area is 131 Å². The summed E-state index contributed by atoms with van der Waals surface area (Å²) in [4.78, 5) is 12.1. The third-order valence-corrected chi connectivity index (χ3v) is 3.75. The fraction of sp³-hybridized carbons (Fsp3) is 0.933. The molecule has 3 N–H and O–H groups in total. The van der Waals surface area contributed by atoms with Gasteiger partial charge in [-0.25, -0.2) is 0 Å². The maximum Gasteiger partial charge on any atom is 0.311 e. The van der Waals surface area contributed by atoms with Crippen molar-refractivity contribution in [2.24, 2.45) is 11.3 Å². The smallest absolute Gasteiger partial charge is 0.311 e. The molecule has 1 fully saturated rings. The predicted octanol–water partition coefficient (Wildman–Crippen LogP) is 0.0559. The predicted molar refractivity (Wildman–Crippen MR) is 77.9 cm³/mol. The Balaban J connectivity index is 2.61. The molecule has 1 aliphatic heterocycles. The van der Waals surface area contributed by atoms with Crippen LogP contribution in [0.25, 0.3) is 0 Å². The maximum absolute atomic E-state index is 12.1. The van der Waals surface area contributed by atoms with Crippen LogP contribution in [-0.4, -0.2) is 65.7 Å². The Bertz CT molecular complexity index is 367. The lowest BCUT2D eigenvalue weighted by Crippen LogP contribution is -2.59. The third kappa shape index (κ3) is 4.63. The second-order valence-electron chi connectivity index (χ2n) is 6.83. The first-order chi connectivity index (χ1) is 10.1. The van der Waals surface area contributed by atoms with Crippen molar-refractivity contribution in [1.82, 2.24) is 0 Å². The van der Waals surface area contributed by atoms with Crippen molar-refractivity contribution in [3.63, 3.8) is 0 Å². The molecule has 0 aromatic heterocycles. The quantitative estimate of drug-likeness (QED) is 0.594. The molecule has 5 unspecified atom stereocenters. The van der Waals surface area contributed by atoms with Crippen LogP contribution in [0, 0.1) is 11.3 Å². The lowest BCUT2D eigenvalue weighted by Gasteiger charge is -2.39. The number of carbonyl (C=O) groups is 1. The molecule has 1 saturated heterocycles. The number of rotatable bonds is 6. The van der Waals surface area contributed by atoms with Gasteiger partial charge in [-0.15, -0.1) is 0 Å². The summed E-state index contributed by atoms with van der Waals surface area (Å²) in [5.41, 5.74) is -0.646. The van der Waals surface area contributed by atoms with E-state index in [1.54, 1.807) is 13.8 Å². The number of carbonyl (C=O) groups excluding carboxylic acids is 1. The van der Waals surface area contributed by atoms with E-state index in [-0.39, 0.29) is 6.61 Å². The zero-order chi connectivity index (χ0) is 17.1. The van der Waals surface area contributed by atoms with Gasteiger partial charge in [-0.1, -0.05) is 13.8 Å². The Morgan fingerprint density at radius 2 is 1.77 bits per heavy atom. The van der Waals surface area contributed by atoms with Crippen LogP contribution < -0.4 is 0 Å². The van der Waals surface area contributed by atoms with Gasteiger partial charge in [-0.05, 0) is 26.2 Å². The molecule has 0 saturated carbocycles. The van der Waals surface area contributed by atoms with Crippen molar-refractivity contribution in [3.05, 3.63) is 0 Å². The molecule has 1 heterocycles. The van der Waals surface area contributed by atoms with Gasteiger partial charge in [-0.3, -0.25) is 4.79 Å². The largest absolute Gasteiger partial charge is 0.462 e. The van der Waals surface area contributed by atoms with Gasteiger partial charge < -0.3 is 29.5 Å². The summed E-state index contributed by atoms with van der Waals surface area (Å²) < 4.78 is 15.4. The molecule has 0 aromatic carbocycles. The highest BCUT2D eigenvalue weighted by Crippen LogP contribution is 2.28. The Morgan fingerprint density at radius 3 is 2.27 bits per heavy atom. The van der Waals surface area contributed by atoms with Crippen LogP contribution in [0.15, 0.2) is 0 Å². The number of aliphatic hydroxyl groups excluding tert-OH is 3. The first-order valence-electron chi connectivity index (χ1n) is 7.49. The average molecular weight is 320 g/mol. The van der Waals surface area contributed by atoms with E-state index in [9.17, 15) is 20.1 Å². The number of hydrogen-bond acceptors (Lipinski definition) is 7. The summed E-state index contributed by atoms with van der Waals surface area (Å²) in [7, 11) is 1.31. The number of hydrogen-bond donors (Lipinski definition) is 3. The molecule has 0 radical (unpaired) electrons. The van der Waals surface area contributed by atoms with Crippen LogP contribution in [0.1, 0.15) is 34.1 Å². The molecule has 0 aromatic rings. The van der Waals surface area contributed by atoms with Crippen LogP contribution in [0.3, 0.4) is 0 Å². The van der Waals surface area contributed by atoms with Gasteiger partial charge in [0.25, 0.3) is 0 Å². The number of aliphatic hydroxyl groups is 3. The van der Waals surface area contributed by atoms with Crippen LogP contribution in [0.2, 0.25) is 0 Å². The summed E-state index contributed by atoms with van der Waals surface area (Å²) in [6, 6.07) is 0. The van der Waals surface area contributed by atoms with Crippen molar-refractivity contribution < 1.29 is 34.3 Å². The van der Waals surface area contributed by atoms with E-state index in [0.29, 0.717) is 12.3 Å². The maximum atomic E-state index is 12.1. The molecule has 0 amide bonds. The van der Waals surface area contributed by atoms with Crippen molar-refractivity contribution in [3.8, 4) is 0 Å². The molecular weight excluding hydrogens is 292 g/mol. The normalized spacial score (nSPS) is 33.0. The standard InChI is InChI=1S/C15H28O7/c1-8(2)6-15(3,4)14(19)21-7-9-10(16)11(17)12(18)13(20-5)22-9/h8-13,16-18H,6-7H2,1-5H3. The van der Waals surface area contributed by atoms with E-state index >= 15 is 0 Å². The number of ether oxygens (including phenoxy) is 3. The summed E-state index contributed by atoms with van der Waals surface area (Å²) in [6.07, 6.45) is -5.51. The average Bonchev–Trinajstić information content (AvgIpc) is 2.42. The van der Waals surface area contributed by atoms with Gasteiger partial charge in [0, 0.05) is 7.11 Å². The van der Waals surface area contributed by atoms with Crippen LogP contribution in [0.5, 0.6) is 0 Å². The van der Waals surface area contributed by atoms with Crippen molar-refractivity contribution in [2.75, 3.05) is 13.7 Å². The Morgan fingerprint density at radius 1 is 1.18 bits per heavy atom. The van der Waals surface area contributed by atoms with Gasteiger partial charge in [0.05, 0.1) is 5.41 Å². The fourth-order valence-corrected chi connectivity index (χ4v) is 2.71. The van der Waals surface area contributed by atoms with Crippen molar-refractivity contribution in [1.29, 1.82) is 0 Å². The lowest BCUT2D eigenvalue weighted by atomic mass is 9.84. The minimum atomic E-state index is -1.42. The summed E-state index contributed by atoms with van der Waals surface area (Å²) in [5.74, 6) is -0.0551. The first-order valence-corrected chi connectivity index (χ1v) is 7.49. The number of methoxy groups -OCH3 is 1. The van der Waals surface area contributed by atoms with Gasteiger partial charge in [0.2, 0.25) is 0 Å². The monoisotopic (exact) mass is 320 g/mol. The van der Waals surface area contributed by atoms with Gasteiger partial charge in [-0.2, -0.15) is 0 Å². The highest BCUT2D eigenvalue weighted by molar-refractivity contribution is 5.75. The third-order valence-electron chi connectivity index (χ3n) is 3.75. The zero-order valence-corrected chi connectivity index (χ0v) is 13.9. The molecular formula is C15H28O7. The van der Waals surface area contributed by atoms with Crippen LogP contribution in [-0.2, 0) is 19.0 Å². The summed E-state index contributed by atoms with van der Waals surface area (Å²) >= 11 is 0. The van der Waals surface area contributed by atoms with Crippen LogP contribution in [0.4, 0.5) is 0 Å². The van der Waals surface area contributed by atoms with Gasteiger partial charge >= 0.3 is 5.97 Å². The van der Waals surface area contributed by atoms with Crippen molar-refractivity contribution >= 4 is 5.97 Å². The summed E-state index contributed by atoms with van der Waals surface area (Å²) in [5, 5.41) is 29.3. The zero-order valence-electron chi connectivity index (χ0n) is 13.9. The summed E-state index contributed by atoms with van der Waals surface area (Å²) in [6.45, 7) is 7.41. The van der Waals surface area contributed by atoms with E-state index in [2.05, 4.69) is 0 Å². The molecule has 0 spiro atoms. The fourth-order valence-electron chi connectivity index (χ4n) is 2.71. The highest BCUT2D eigenvalue weighted by atomic mass is 16.7. The lowest BCUT2D eigenvalue weighted by molar-refractivity contribution is -0.295. The minimum Gasteiger partial charge on any atom is -0.462 e. The van der Waals surface area contributed by atoms with E-state index in [0.717, 1.165) is 0 Å². The van der Waals surface area contributed by atoms with E-state index in [1.165, 1.54) is 7.11 Å². The molecule has 130 valence electrons. The molecule has 1 aliphatic rings. The molecule has 0 aliphatic carbocycles. The second kappa shape index (κ2) is 7.70. The first kappa shape index (κ1) is 19.3. The minimum absolute atomic E-state index is 0.217. The molecule has 1 rings (SSSR count). The molecule has 7 heteroatoms. The second-order valence-corrected chi connectivity index (χ2v) is 6.83. The molecule has 0 bridgehead atoms. The van der Waals surface area contributed by atoms with E-state index in [4.69, 9.17) is 14.2 Å². The van der Waals surface area contributed by atoms with Gasteiger partial charge in [0.1, 0.15) is 31.0 Å². The number of esters is 1. The van der Waals surface area contributed by atoms with E-state index < -0.39 is 42.1 Å². The SMILES string of the molecule is COC1OC(COC(=O)C(C)(C)CC(C)C)C(O)C(O)C1O. The Hall–Kier alpha value is -0.730. The Kier molecular flexibility index (Phi) is 6.76.